The zero-order chi connectivity index (χ0) is 38.7. The van der Waals surface area contributed by atoms with Crippen LogP contribution in [0.4, 0.5) is 0 Å². The van der Waals surface area contributed by atoms with E-state index in [-0.39, 0.29) is 55.1 Å². The third-order valence-electron chi connectivity index (χ3n) is 7.12. The molecule has 0 N–H and O–H groups in total. The highest BCUT2D eigenvalue weighted by molar-refractivity contribution is 6.24. The van der Waals surface area contributed by atoms with Crippen LogP contribution in [0.15, 0.2) is 157 Å². The molecule has 0 bridgehead atoms. The van der Waals surface area contributed by atoms with E-state index in [9.17, 15) is 9.60 Å². The minimum atomic E-state index is -0.685. The molecule has 0 saturated heterocycles. The van der Waals surface area contributed by atoms with E-state index in [1.165, 1.54) is 0 Å². The fourth-order valence-electron chi connectivity index (χ4n) is 5.34. The van der Waals surface area contributed by atoms with Crippen LogP contribution in [0.5, 0.6) is 0 Å². The molecular weight excluding hydrogens is 480 g/mol. The molecule has 8 aromatic carbocycles. The van der Waals surface area contributed by atoms with Crippen molar-refractivity contribution in [2.45, 2.75) is 0 Å². The van der Waals surface area contributed by atoms with Crippen LogP contribution in [0, 0.1) is 0 Å². The SMILES string of the molecule is [2H]c1c([2H])c([2H])c2c([2H])c(-c3c4c([2H])c([2H])c([2H])c([2H])c4c(-c4cccc5ccccc45)c4c([2H])c(-c5ccccc5)c([2H])c([2H])c34)c([2H])c([2H])c2c1[2H]. The van der Waals surface area contributed by atoms with Gasteiger partial charge in [0.15, 0.2) is 0 Å². The summed E-state index contributed by atoms with van der Waals surface area (Å²) in [5, 5.41) is 0.226. The summed E-state index contributed by atoms with van der Waals surface area (Å²) >= 11 is 0. The number of benzene rings is 8. The first kappa shape index (κ1) is 12.8. The Hall–Kier alpha value is -5.20. The molecule has 8 rings (SSSR count). The van der Waals surface area contributed by atoms with Crippen molar-refractivity contribution >= 4 is 43.1 Å². The van der Waals surface area contributed by atoms with Crippen molar-refractivity contribution in [1.82, 2.24) is 0 Å². The molecule has 0 aliphatic rings. The molecule has 186 valence electrons. The van der Waals surface area contributed by atoms with Crippen LogP contribution in [0.25, 0.3) is 76.5 Å². The van der Waals surface area contributed by atoms with Gasteiger partial charge >= 0.3 is 0 Å². The lowest BCUT2D eigenvalue weighted by molar-refractivity contribution is 1.64. The molecule has 0 unspecified atom stereocenters. The molecule has 0 heteroatoms. The van der Waals surface area contributed by atoms with Gasteiger partial charge in [0.2, 0.25) is 0 Å². The lowest BCUT2D eigenvalue weighted by atomic mass is 9.83. The molecule has 0 spiro atoms. The molecule has 0 fully saturated rings. The highest BCUT2D eigenvalue weighted by atomic mass is 14.2. The number of hydrogen-bond donors (Lipinski definition) is 0. The average molecular weight is 521 g/mol. The van der Waals surface area contributed by atoms with Crippen molar-refractivity contribution in [2.75, 3.05) is 0 Å². The van der Waals surface area contributed by atoms with Crippen LogP contribution >= 0.6 is 0 Å². The smallest absolute Gasteiger partial charge is 0.0622 e. The lowest BCUT2D eigenvalue weighted by Gasteiger charge is -2.20. The van der Waals surface area contributed by atoms with E-state index in [4.69, 9.17) is 9.60 Å². The Morgan fingerprint density at radius 2 is 1.02 bits per heavy atom. The van der Waals surface area contributed by atoms with E-state index < -0.39 is 84.1 Å². The fraction of sp³-hybridized carbons (Fsp3) is 0. The molecule has 0 aliphatic heterocycles. The van der Waals surface area contributed by atoms with E-state index in [1.807, 2.05) is 24.3 Å². The summed E-state index contributed by atoms with van der Waals surface area (Å²) in [7, 11) is 0. The second kappa shape index (κ2) is 9.22. The normalized spacial score (nSPS) is 16.4. The molecule has 0 amide bonds. The molecule has 0 saturated carbocycles. The van der Waals surface area contributed by atoms with Gasteiger partial charge in [0.05, 0.1) is 19.2 Å². The van der Waals surface area contributed by atoms with Crippen LogP contribution in [-0.4, -0.2) is 0 Å². The van der Waals surface area contributed by atoms with Gasteiger partial charge in [-0.15, -0.1) is 0 Å². The first-order valence-electron chi connectivity index (χ1n) is 19.7. The summed E-state index contributed by atoms with van der Waals surface area (Å²) in [6.45, 7) is 0. The molecule has 0 radical (unpaired) electrons. The van der Waals surface area contributed by atoms with Crippen molar-refractivity contribution in [3.63, 3.8) is 0 Å². The Bertz CT molecular complexity index is 2970. The van der Waals surface area contributed by atoms with Gasteiger partial charge in [-0.05, 0) is 88.6 Å². The van der Waals surface area contributed by atoms with Gasteiger partial charge in [-0.3, -0.25) is 0 Å². The van der Waals surface area contributed by atoms with Crippen LogP contribution in [0.3, 0.4) is 0 Å². The second-order valence-corrected chi connectivity index (χ2v) is 9.39. The standard InChI is InChI=1S/C40H26/c1-2-11-27(12-3-1)31-23-24-37-38(26-31)40(34-20-10-16-29-14-6-7-17-33(29)34)36-19-9-8-18-35(36)39(37)32-22-21-28-13-4-5-15-30(28)25-32/h1-26H/i4D,5D,8D,9D,13D,15D,18D,19D,21D,22D,23D,24D,25D,26D. The third-order valence-corrected chi connectivity index (χ3v) is 7.12. The number of rotatable bonds is 3. The van der Waals surface area contributed by atoms with Crippen LogP contribution in [-0.2, 0) is 0 Å². The van der Waals surface area contributed by atoms with Crippen molar-refractivity contribution in [3.8, 4) is 33.4 Å². The topological polar surface area (TPSA) is 0 Å². The maximum Gasteiger partial charge on any atom is 0.0636 e. The second-order valence-electron chi connectivity index (χ2n) is 9.39. The molecule has 40 heavy (non-hydrogen) atoms. The highest BCUT2D eigenvalue weighted by Gasteiger charge is 2.19. The zero-order valence-corrected chi connectivity index (χ0v) is 20.9. The quantitative estimate of drug-likeness (QED) is 0.203. The molecule has 0 nitrogen and oxygen atoms in total. The lowest BCUT2D eigenvalue weighted by Crippen LogP contribution is -1.92. The van der Waals surface area contributed by atoms with Gasteiger partial charge in [-0.25, -0.2) is 0 Å². The van der Waals surface area contributed by atoms with Crippen LogP contribution in [0.2, 0.25) is 0 Å². The average Bonchev–Trinajstić information content (AvgIpc) is 3.17. The van der Waals surface area contributed by atoms with Gasteiger partial charge in [-0.2, -0.15) is 0 Å². The van der Waals surface area contributed by atoms with Gasteiger partial charge in [0.25, 0.3) is 0 Å². The van der Waals surface area contributed by atoms with Gasteiger partial charge in [-0.1, -0.05) is 145 Å². The zero-order valence-electron chi connectivity index (χ0n) is 34.9. The van der Waals surface area contributed by atoms with Gasteiger partial charge in [0.1, 0.15) is 0 Å². The van der Waals surface area contributed by atoms with Crippen molar-refractivity contribution in [3.05, 3.63) is 157 Å². The molecule has 0 aromatic heterocycles. The molecular formula is C40H26. The Morgan fingerprint density at radius 3 is 1.90 bits per heavy atom. The third kappa shape index (κ3) is 3.61. The predicted molar refractivity (Wildman–Crippen MR) is 173 cm³/mol. The Morgan fingerprint density at radius 1 is 0.350 bits per heavy atom. The number of hydrogen-bond acceptors (Lipinski definition) is 0. The van der Waals surface area contributed by atoms with Gasteiger partial charge in [0, 0.05) is 0 Å². The highest BCUT2D eigenvalue weighted by Crippen LogP contribution is 2.46. The van der Waals surface area contributed by atoms with E-state index in [0.29, 0.717) is 16.5 Å². The summed E-state index contributed by atoms with van der Waals surface area (Å²) in [5.41, 5.74) is 0.459. The minimum Gasteiger partial charge on any atom is -0.0622 e. The van der Waals surface area contributed by atoms with Crippen molar-refractivity contribution in [1.29, 1.82) is 0 Å². The first-order valence-corrected chi connectivity index (χ1v) is 12.7. The summed E-state index contributed by atoms with van der Waals surface area (Å²) in [6, 6.07) is 13.3. The summed E-state index contributed by atoms with van der Waals surface area (Å²) in [5.74, 6) is 0. The first-order chi connectivity index (χ1) is 25.7. The molecule has 0 aliphatic carbocycles. The van der Waals surface area contributed by atoms with Crippen molar-refractivity contribution in [2.24, 2.45) is 0 Å². The Kier molecular flexibility index (Phi) is 2.94. The molecule has 8 aromatic rings. The maximum absolute atomic E-state index is 9.84. The Labute approximate surface area is 253 Å². The van der Waals surface area contributed by atoms with Crippen LogP contribution in [0.1, 0.15) is 19.2 Å². The molecule has 0 heterocycles. The van der Waals surface area contributed by atoms with Crippen LogP contribution < -0.4 is 0 Å². The minimum absolute atomic E-state index is 0.0131. The summed E-state index contributed by atoms with van der Waals surface area (Å²) in [4.78, 5) is 0. The van der Waals surface area contributed by atoms with Gasteiger partial charge < -0.3 is 0 Å². The molecule has 0 atom stereocenters. The summed E-state index contributed by atoms with van der Waals surface area (Å²) in [6.07, 6.45) is 0. The van der Waals surface area contributed by atoms with E-state index >= 15 is 0 Å². The van der Waals surface area contributed by atoms with E-state index in [1.54, 1.807) is 48.5 Å². The fourth-order valence-corrected chi connectivity index (χ4v) is 5.34. The summed E-state index contributed by atoms with van der Waals surface area (Å²) < 4.78 is 127. The number of fused-ring (bicyclic) bond motifs is 4. The van der Waals surface area contributed by atoms with E-state index in [0.717, 1.165) is 5.39 Å². The monoisotopic (exact) mass is 520 g/mol. The van der Waals surface area contributed by atoms with Crippen molar-refractivity contribution < 1.29 is 19.2 Å². The Balaban J connectivity index is 1.77. The predicted octanol–water partition coefficient (Wildman–Crippen LogP) is 11.3. The largest absolute Gasteiger partial charge is 0.0636 e. The maximum atomic E-state index is 9.84. The van der Waals surface area contributed by atoms with E-state index in [2.05, 4.69) is 0 Å².